The van der Waals surface area contributed by atoms with Gasteiger partial charge in [-0.1, -0.05) is 12.1 Å². The third kappa shape index (κ3) is 5.29. The van der Waals surface area contributed by atoms with Crippen molar-refractivity contribution in [3.05, 3.63) is 24.3 Å². The van der Waals surface area contributed by atoms with Crippen LogP contribution >= 0.6 is 0 Å². The molecular formula is C8H10BF3KNO3S. The Morgan fingerprint density at radius 1 is 1.17 bits per heavy atom. The van der Waals surface area contributed by atoms with Gasteiger partial charge in [-0.3, -0.25) is 0 Å². The molecule has 18 heavy (non-hydrogen) atoms. The van der Waals surface area contributed by atoms with E-state index in [1.54, 1.807) is 0 Å². The van der Waals surface area contributed by atoms with Crippen molar-refractivity contribution in [3.63, 3.8) is 0 Å². The Bertz CT molecular complexity index is 477. The summed E-state index contributed by atoms with van der Waals surface area (Å²) in [5.41, 5.74) is -0.855. The average Bonchev–Trinajstić information content (AvgIpc) is 2.25. The molecule has 96 valence electrons. The van der Waals surface area contributed by atoms with Gasteiger partial charge in [0.1, 0.15) is 0 Å². The molecule has 10 heteroatoms. The smallest absolute Gasteiger partial charge is 0.445 e. The van der Waals surface area contributed by atoms with E-state index < -0.39 is 22.5 Å². The number of aliphatic hydroxyl groups is 1. The molecule has 0 aliphatic rings. The number of aliphatic hydroxyl groups excluding tert-OH is 1. The minimum absolute atomic E-state index is 0. The quantitative estimate of drug-likeness (QED) is 0.571. The molecule has 0 saturated carbocycles. The fraction of sp³-hybridized carbons (Fsp3) is 0.250. The van der Waals surface area contributed by atoms with Crippen LogP contribution in [0.1, 0.15) is 0 Å². The molecule has 0 atom stereocenters. The SMILES string of the molecule is O=S(=O)(NCCO)c1ccc([B-](F)(F)F)cc1.[K+]. The molecule has 0 fully saturated rings. The number of sulfonamides is 1. The first kappa shape index (κ1) is 18.6. The van der Waals surface area contributed by atoms with Crippen LogP contribution in [0.15, 0.2) is 29.2 Å². The van der Waals surface area contributed by atoms with Gasteiger partial charge in [-0.2, -0.15) is 0 Å². The Hall–Kier alpha value is 0.581. The summed E-state index contributed by atoms with van der Waals surface area (Å²) in [6.45, 7) is -5.70. The fourth-order valence-electron chi connectivity index (χ4n) is 1.13. The van der Waals surface area contributed by atoms with Gasteiger partial charge in [0.25, 0.3) is 0 Å². The molecule has 1 aromatic carbocycles. The zero-order valence-corrected chi connectivity index (χ0v) is 13.5. The largest absolute Gasteiger partial charge is 1.00 e. The average molecular weight is 307 g/mol. The Morgan fingerprint density at radius 2 is 1.67 bits per heavy atom. The number of benzene rings is 1. The van der Waals surface area contributed by atoms with Gasteiger partial charge in [0.15, 0.2) is 0 Å². The summed E-state index contributed by atoms with van der Waals surface area (Å²) < 4.78 is 61.8. The van der Waals surface area contributed by atoms with Crippen LogP contribution in [0.4, 0.5) is 12.9 Å². The topological polar surface area (TPSA) is 66.4 Å². The summed E-state index contributed by atoms with van der Waals surface area (Å²) in [6, 6.07) is 3.19. The maximum atomic E-state index is 12.3. The molecule has 0 amide bonds. The van der Waals surface area contributed by atoms with Crippen LogP contribution in [0.5, 0.6) is 0 Å². The second kappa shape index (κ2) is 7.39. The van der Waals surface area contributed by atoms with E-state index in [4.69, 9.17) is 5.11 Å². The summed E-state index contributed by atoms with van der Waals surface area (Å²) in [6.07, 6.45) is 0. The Balaban J connectivity index is 0.00000289. The van der Waals surface area contributed by atoms with Crippen LogP contribution in [-0.2, 0) is 10.0 Å². The second-order valence-electron chi connectivity index (χ2n) is 3.27. The fourth-order valence-corrected chi connectivity index (χ4v) is 2.15. The Labute approximate surface area is 145 Å². The van der Waals surface area contributed by atoms with E-state index in [0.717, 1.165) is 12.1 Å². The van der Waals surface area contributed by atoms with E-state index in [1.807, 2.05) is 4.72 Å². The number of hydrogen-bond acceptors (Lipinski definition) is 3. The van der Waals surface area contributed by atoms with Crippen molar-refractivity contribution in [2.75, 3.05) is 13.2 Å². The first-order valence-electron chi connectivity index (χ1n) is 4.68. The van der Waals surface area contributed by atoms with Crippen LogP contribution in [-0.4, -0.2) is 33.7 Å². The van der Waals surface area contributed by atoms with Gasteiger partial charge in [0.2, 0.25) is 10.0 Å². The van der Waals surface area contributed by atoms with E-state index >= 15 is 0 Å². The minimum Gasteiger partial charge on any atom is -0.445 e. The third-order valence-electron chi connectivity index (χ3n) is 1.97. The van der Waals surface area contributed by atoms with Crippen molar-refractivity contribution in [2.24, 2.45) is 0 Å². The molecule has 0 radical (unpaired) electrons. The molecule has 0 spiro atoms. The van der Waals surface area contributed by atoms with Gasteiger partial charge < -0.3 is 18.1 Å². The number of rotatable bonds is 5. The van der Waals surface area contributed by atoms with Gasteiger partial charge in [-0.15, -0.1) is 5.46 Å². The van der Waals surface area contributed by atoms with Crippen molar-refractivity contribution in [1.29, 1.82) is 0 Å². The predicted molar refractivity (Wildman–Crippen MR) is 57.4 cm³/mol. The van der Waals surface area contributed by atoms with Crippen LogP contribution < -0.4 is 61.6 Å². The standard InChI is InChI=1S/C8H10BF3NO3S.K/c10-9(11,12)7-1-3-8(4-2-7)17(15,16)13-5-6-14;/h1-4,13-14H,5-6H2;/q-1;+1. The number of halogens is 3. The number of nitrogens with one attached hydrogen (secondary N) is 1. The van der Waals surface area contributed by atoms with Gasteiger partial charge in [0.05, 0.1) is 11.5 Å². The summed E-state index contributed by atoms with van der Waals surface area (Å²) in [4.78, 5) is -0.269. The van der Waals surface area contributed by atoms with Gasteiger partial charge in [-0.05, 0) is 12.1 Å². The predicted octanol–water partition coefficient (Wildman–Crippen LogP) is -2.98. The van der Waals surface area contributed by atoms with Crippen molar-refractivity contribution in [2.45, 2.75) is 4.90 Å². The minimum atomic E-state index is -5.13. The molecule has 2 N–H and O–H groups in total. The molecular weight excluding hydrogens is 297 g/mol. The summed E-state index contributed by atoms with van der Waals surface area (Å²) in [5.74, 6) is 0. The van der Waals surface area contributed by atoms with Crippen molar-refractivity contribution in [1.82, 2.24) is 4.72 Å². The van der Waals surface area contributed by atoms with E-state index in [-0.39, 0.29) is 69.4 Å². The maximum Gasteiger partial charge on any atom is 1.00 e. The molecule has 1 rings (SSSR count). The van der Waals surface area contributed by atoms with Crippen LogP contribution in [0.3, 0.4) is 0 Å². The van der Waals surface area contributed by atoms with E-state index in [1.165, 1.54) is 0 Å². The number of hydrogen-bond donors (Lipinski definition) is 2. The maximum absolute atomic E-state index is 12.3. The molecule has 0 bridgehead atoms. The zero-order valence-electron chi connectivity index (χ0n) is 9.61. The van der Waals surface area contributed by atoms with Gasteiger partial charge in [-0.25, -0.2) is 13.1 Å². The van der Waals surface area contributed by atoms with E-state index in [0.29, 0.717) is 12.1 Å². The molecule has 0 heterocycles. The first-order chi connectivity index (χ1) is 7.77. The van der Waals surface area contributed by atoms with Crippen molar-refractivity contribution >= 4 is 22.5 Å². The molecule has 0 aromatic heterocycles. The second-order valence-corrected chi connectivity index (χ2v) is 5.03. The van der Waals surface area contributed by atoms with Gasteiger partial charge in [0, 0.05) is 6.54 Å². The van der Waals surface area contributed by atoms with Crippen molar-refractivity contribution < 1.29 is 77.9 Å². The zero-order chi connectivity index (χ0) is 13.1. The Kier molecular flexibility index (Phi) is 7.63. The summed E-state index contributed by atoms with van der Waals surface area (Å²) in [5, 5.41) is 8.45. The van der Waals surface area contributed by atoms with Crippen molar-refractivity contribution in [3.8, 4) is 0 Å². The van der Waals surface area contributed by atoms with E-state index in [9.17, 15) is 21.4 Å². The third-order valence-corrected chi connectivity index (χ3v) is 3.45. The monoisotopic (exact) mass is 307 g/mol. The summed E-state index contributed by atoms with van der Waals surface area (Å²) in [7, 11) is -3.86. The molecule has 0 unspecified atom stereocenters. The first-order valence-corrected chi connectivity index (χ1v) is 6.16. The Morgan fingerprint density at radius 3 is 2.06 bits per heavy atom. The molecule has 0 aliphatic carbocycles. The molecule has 0 aliphatic heterocycles. The molecule has 0 saturated heterocycles. The van der Waals surface area contributed by atoms with E-state index in [2.05, 4.69) is 0 Å². The van der Waals surface area contributed by atoms with Gasteiger partial charge >= 0.3 is 58.4 Å². The van der Waals surface area contributed by atoms with Crippen LogP contribution in [0, 0.1) is 0 Å². The van der Waals surface area contributed by atoms with Crippen LogP contribution in [0.25, 0.3) is 0 Å². The summed E-state index contributed by atoms with van der Waals surface area (Å²) >= 11 is 0. The normalized spacial score (nSPS) is 12.0. The van der Waals surface area contributed by atoms with Crippen LogP contribution in [0.2, 0.25) is 0 Å². The molecule has 1 aromatic rings. The molecule has 4 nitrogen and oxygen atoms in total.